The van der Waals surface area contributed by atoms with Crippen LogP contribution in [0, 0.1) is 12.7 Å². The van der Waals surface area contributed by atoms with Crippen molar-refractivity contribution in [1.82, 2.24) is 20.1 Å². The zero-order chi connectivity index (χ0) is 21.1. The zero-order valence-corrected chi connectivity index (χ0v) is 17.9. The molecule has 1 unspecified atom stereocenters. The molecule has 0 amide bonds. The third kappa shape index (κ3) is 4.42. The van der Waals surface area contributed by atoms with Gasteiger partial charge in [0.25, 0.3) is 0 Å². The lowest BCUT2D eigenvalue weighted by Crippen LogP contribution is -2.18. The summed E-state index contributed by atoms with van der Waals surface area (Å²) in [4.78, 5) is 4.56. The molecule has 0 fully saturated rings. The lowest BCUT2D eigenvalue weighted by molar-refractivity contribution is 0.414. The summed E-state index contributed by atoms with van der Waals surface area (Å²) in [6, 6.07) is 14.3. The maximum Gasteiger partial charge on any atom is 0.123 e. The maximum atomic E-state index is 13.9. The van der Waals surface area contributed by atoms with Gasteiger partial charge < -0.3 is 10.1 Å². The van der Waals surface area contributed by atoms with Crippen LogP contribution in [0.5, 0.6) is 5.75 Å². The molecular weight excluding hydrogens is 399 g/mol. The normalized spacial score (nSPS) is 12.1. The summed E-state index contributed by atoms with van der Waals surface area (Å²) in [5.41, 5.74) is 4.40. The molecule has 4 aromatic rings. The van der Waals surface area contributed by atoms with Crippen LogP contribution >= 0.6 is 11.3 Å². The third-order valence-corrected chi connectivity index (χ3v) is 5.70. The van der Waals surface area contributed by atoms with Crippen molar-refractivity contribution in [3.8, 4) is 22.7 Å². The molecule has 0 spiro atoms. The molecule has 1 N–H and O–H groups in total. The predicted octanol–water partition coefficient (Wildman–Crippen LogP) is 5.30. The van der Waals surface area contributed by atoms with Crippen LogP contribution in [0.25, 0.3) is 16.9 Å². The van der Waals surface area contributed by atoms with E-state index in [9.17, 15) is 4.39 Å². The van der Waals surface area contributed by atoms with Crippen LogP contribution in [0.2, 0.25) is 0 Å². The summed E-state index contributed by atoms with van der Waals surface area (Å²) >= 11 is 1.64. The first-order valence-electron chi connectivity index (χ1n) is 9.68. The van der Waals surface area contributed by atoms with Gasteiger partial charge in [0.05, 0.1) is 29.2 Å². The molecule has 2 aromatic heterocycles. The molecule has 4 rings (SSSR count). The van der Waals surface area contributed by atoms with E-state index in [2.05, 4.69) is 22.6 Å². The lowest BCUT2D eigenvalue weighted by atomic mass is 10.1. The quantitative estimate of drug-likeness (QED) is 0.439. The number of nitrogens with one attached hydrogen (secondary N) is 1. The van der Waals surface area contributed by atoms with Crippen molar-refractivity contribution in [2.45, 2.75) is 26.4 Å². The summed E-state index contributed by atoms with van der Waals surface area (Å²) in [5.74, 6) is 0.502. The summed E-state index contributed by atoms with van der Waals surface area (Å²) in [6.45, 7) is 4.67. The second-order valence-electron chi connectivity index (χ2n) is 7.05. The molecule has 0 aliphatic heterocycles. The van der Waals surface area contributed by atoms with Crippen LogP contribution < -0.4 is 10.1 Å². The molecule has 1 atom stereocenters. The standard InChI is InChI=1S/C23H23FN4OS/c1-15(22-14-30-16(2)26-22)25-12-18-13-28(20-7-9-21(29-3)10-8-20)27-23(18)17-5-4-6-19(24)11-17/h4-11,13-15,25H,12H2,1-3H3. The highest BCUT2D eigenvalue weighted by Crippen LogP contribution is 2.26. The molecule has 0 saturated carbocycles. The fraction of sp³-hybridized carbons (Fsp3) is 0.217. The zero-order valence-electron chi connectivity index (χ0n) is 17.1. The highest BCUT2D eigenvalue weighted by atomic mass is 32.1. The molecule has 2 heterocycles. The van der Waals surface area contributed by atoms with Crippen molar-refractivity contribution in [2.24, 2.45) is 0 Å². The number of hydrogen-bond donors (Lipinski definition) is 1. The van der Waals surface area contributed by atoms with Gasteiger partial charge in [0.2, 0.25) is 0 Å². The molecule has 154 valence electrons. The Morgan fingerprint density at radius 1 is 1.20 bits per heavy atom. The largest absolute Gasteiger partial charge is 0.497 e. The molecule has 2 aromatic carbocycles. The van der Waals surface area contributed by atoms with E-state index >= 15 is 0 Å². The van der Waals surface area contributed by atoms with E-state index < -0.39 is 0 Å². The Bertz CT molecular complexity index is 1140. The summed E-state index contributed by atoms with van der Waals surface area (Å²) < 4.78 is 20.9. The maximum absolute atomic E-state index is 13.9. The van der Waals surface area contributed by atoms with Gasteiger partial charge in [-0.15, -0.1) is 11.3 Å². The first-order chi connectivity index (χ1) is 14.5. The molecule has 5 nitrogen and oxygen atoms in total. The number of methoxy groups -OCH3 is 1. The number of ether oxygens (including phenoxy) is 1. The smallest absolute Gasteiger partial charge is 0.123 e. The minimum Gasteiger partial charge on any atom is -0.497 e. The van der Waals surface area contributed by atoms with Crippen LogP contribution in [-0.2, 0) is 6.54 Å². The topological polar surface area (TPSA) is 52.0 Å². The molecule has 0 bridgehead atoms. The van der Waals surface area contributed by atoms with Gasteiger partial charge >= 0.3 is 0 Å². The van der Waals surface area contributed by atoms with Crippen molar-refractivity contribution >= 4 is 11.3 Å². The van der Waals surface area contributed by atoms with Gasteiger partial charge in [-0.3, -0.25) is 0 Å². The van der Waals surface area contributed by atoms with E-state index in [4.69, 9.17) is 9.84 Å². The molecule has 0 aliphatic rings. The highest BCUT2D eigenvalue weighted by Gasteiger charge is 2.15. The molecule has 0 aliphatic carbocycles. The Balaban J connectivity index is 1.65. The third-order valence-electron chi connectivity index (χ3n) is 4.90. The van der Waals surface area contributed by atoms with Crippen LogP contribution in [0.3, 0.4) is 0 Å². The van der Waals surface area contributed by atoms with Crippen molar-refractivity contribution in [2.75, 3.05) is 7.11 Å². The van der Waals surface area contributed by atoms with E-state index in [1.54, 1.807) is 24.5 Å². The fourth-order valence-corrected chi connectivity index (χ4v) is 3.94. The Hall–Kier alpha value is -3.03. The highest BCUT2D eigenvalue weighted by molar-refractivity contribution is 7.09. The summed E-state index contributed by atoms with van der Waals surface area (Å²) in [5, 5.41) is 11.4. The van der Waals surface area contributed by atoms with Gasteiger partial charge in [-0.05, 0) is 50.2 Å². The van der Waals surface area contributed by atoms with E-state index in [-0.39, 0.29) is 11.9 Å². The van der Waals surface area contributed by atoms with Crippen LogP contribution in [0.15, 0.2) is 60.1 Å². The number of nitrogens with zero attached hydrogens (tertiary/aromatic N) is 3. The molecule has 7 heteroatoms. The van der Waals surface area contributed by atoms with Gasteiger partial charge in [-0.25, -0.2) is 14.1 Å². The van der Waals surface area contributed by atoms with Crippen LogP contribution in [0.1, 0.15) is 29.2 Å². The number of hydrogen-bond acceptors (Lipinski definition) is 5. The van der Waals surface area contributed by atoms with Gasteiger partial charge in [0.15, 0.2) is 0 Å². The average Bonchev–Trinajstić information content (AvgIpc) is 3.39. The van der Waals surface area contributed by atoms with Crippen molar-refractivity contribution in [3.05, 3.63) is 82.2 Å². The molecule has 0 radical (unpaired) electrons. The van der Waals surface area contributed by atoms with E-state index in [1.165, 1.54) is 12.1 Å². The number of aryl methyl sites for hydroxylation is 1. The first kappa shape index (κ1) is 20.3. The van der Waals surface area contributed by atoms with Crippen molar-refractivity contribution in [1.29, 1.82) is 0 Å². The number of aromatic nitrogens is 3. The van der Waals surface area contributed by atoms with Gasteiger partial charge in [0.1, 0.15) is 11.6 Å². The SMILES string of the molecule is COc1ccc(-n2cc(CNC(C)c3csc(C)n3)c(-c3cccc(F)c3)n2)cc1. The summed E-state index contributed by atoms with van der Waals surface area (Å²) in [6.07, 6.45) is 1.98. The predicted molar refractivity (Wildman–Crippen MR) is 118 cm³/mol. The first-order valence-corrected chi connectivity index (χ1v) is 10.6. The second-order valence-corrected chi connectivity index (χ2v) is 8.11. The fourth-order valence-electron chi connectivity index (χ4n) is 3.23. The number of benzene rings is 2. The number of halogens is 1. The van der Waals surface area contributed by atoms with Gasteiger partial charge in [-0.1, -0.05) is 12.1 Å². The Morgan fingerprint density at radius 2 is 2.00 bits per heavy atom. The Kier molecular flexibility index (Phi) is 5.92. The Labute approximate surface area is 179 Å². The monoisotopic (exact) mass is 422 g/mol. The molecule has 0 saturated heterocycles. The van der Waals surface area contributed by atoms with Gasteiger partial charge in [0, 0.05) is 35.3 Å². The number of thiazole rings is 1. The van der Waals surface area contributed by atoms with E-state index in [0.717, 1.165) is 39.0 Å². The second kappa shape index (κ2) is 8.77. The van der Waals surface area contributed by atoms with Crippen molar-refractivity contribution in [3.63, 3.8) is 0 Å². The van der Waals surface area contributed by atoms with E-state index in [0.29, 0.717) is 6.54 Å². The number of rotatable bonds is 7. The van der Waals surface area contributed by atoms with Crippen LogP contribution in [0.4, 0.5) is 4.39 Å². The Morgan fingerprint density at radius 3 is 2.67 bits per heavy atom. The molecular formula is C23H23FN4OS. The molecule has 30 heavy (non-hydrogen) atoms. The van der Waals surface area contributed by atoms with E-state index in [1.807, 2.05) is 48.1 Å². The van der Waals surface area contributed by atoms with Gasteiger partial charge in [-0.2, -0.15) is 5.10 Å². The minimum atomic E-state index is -0.281. The summed E-state index contributed by atoms with van der Waals surface area (Å²) in [7, 11) is 1.64. The lowest BCUT2D eigenvalue weighted by Gasteiger charge is -2.11. The average molecular weight is 423 g/mol. The van der Waals surface area contributed by atoms with Crippen molar-refractivity contribution < 1.29 is 9.13 Å². The van der Waals surface area contributed by atoms with Crippen LogP contribution in [-0.4, -0.2) is 21.9 Å². The minimum absolute atomic E-state index is 0.0969.